The molecule has 13 nitrogen and oxygen atoms in total. The van der Waals surface area contributed by atoms with Gasteiger partial charge in [-0.3, -0.25) is 9.69 Å². The maximum absolute atomic E-state index is 13.8. The number of hydrogen-bond acceptors (Lipinski definition) is 12. The second-order valence-corrected chi connectivity index (χ2v) is 18.1. The number of esters is 1. The van der Waals surface area contributed by atoms with Gasteiger partial charge in [0, 0.05) is 24.7 Å². The van der Waals surface area contributed by atoms with E-state index in [-0.39, 0.29) is 31.5 Å². The molecule has 0 spiro atoms. The van der Waals surface area contributed by atoms with Crippen LogP contribution in [0.1, 0.15) is 97.8 Å². The van der Waals surface area contributed by atoms with Crippen LogP contribution in [0.15, 0.2) is 33.6 Å². The molecule has 3 fully saturated rings. The molecule has 1 aliphatic heterocycles. The molecule has 15 heteroatoms. The Morgan fingerprint density at radius 3 is 2.38 bits per heavy atom. The molecule has 2 N–H and O–H groups in total. The predicted molar refractivity (Wildman–Crippen MR) is 217 cm³/mol. The van der Waals surface area contributed by atoms with E-state index < -0.39 is 35.4 Å². The molecule has 306 valence electrons. The third-order valence-electron chi connectivity index (χ3n) is 9.78. The molecule has 2 aliphatic carbocycles. The zero-order valence-corrected chi connectivity index (χ0v) is 35.2. The van der Waals surface area contributed by atoms with E-state index in [0.717, 1.165) is 24.8 Å². The number of fused-ring (bicyclic) bond motifs is 2. The van der Waals surface area contributed by atoms with Crippen molar-refractivity contribution in [2.24, 2.45) is 11.8 Å². The number of aryl methyl sites for hydroxylation is 1. The highest BCUT2D eigenvalue weighted by Crippen LogP contribution is 2.49. The van der Waals surface area contributed by atoms with Crippen molar-refractivity contribution in [3.05, 3.63) is 40.5 Å². The number of carbonyl (C=O) groups is 4. The summed E-state index contributed by atoms with van der Waals surface area (Å²) in [6, 6.07) is 6.47. The van der Waals surface area contributed by atoms with E-state index in [2.05, 4.69) is 10.6 Å². The molecule has 2 heterocycles. The Morgan fingerprint density at radius 2 is 1.73 bits per heavy atom. The highest BCUT2D eigenvalue weighted by atomic mass is 32.2. The van der Waals surface area contributed by atoms with E-state index in [0.29, 0.717) is 68.9 Å². The van der Waals surface area contributed by atoms with Crippen LogP contribution in [0.5, 0.6) is 11.5 Å². The summed E-state index contributed by atoms with van der Waals surface area (Å²) in [4.78, 5) is 54.2. The summed E-state index contributed by atoms with van der Waals surface area (Å²) in [5.74, 6) is 2.64. The Kier molecular flexibility index (Phi) is 14.1. The van der Waals surface area contributed by atoms with Crippen molar-refractivity contribution in [1.82, 2.24) is 15.5 Å². The van der Waals surface area contributed by atoms with Gasteiger partial charge in [0.25, 0.3) is 5.91 Å². The lowest BCUT2D eigenvalue weighted by Gasteiger charge is -2.30. The third kappa shape index (κ3) is 11.4. The molecule has 1 saturated heterocycles. The lowest BCUT2D eigenvalue weighted by atomic mass is 9.94. The summed E-state index contributed by atoms with van der Waals surface area (Å²) >= 11 is 7.04. The van der Waals surface area contributed by atoms with Gasteiger partial charge in [-0.25, -0.2) is 14.4 Å². The maximum Gasteiger partial charge on any atom is 0.408 e. The van der Waals surface area contributed by atoms with Crippen molar-refractivity contribution < 1.29 is 47.3 Å². The molecular weight excluding hydrogens is 759 g/mol. The Hall–Kier alpha value is -4.24. The fourth-order valence-corrected chi connectivity index (χ4v) is 8.70. The molecule has 5 rings (SSSR count). The lowest BCUT2D eigenvalue weighted by Crippen LogP contribution is -2.44. The lowest BCUT2D eigenvalue weighted by molar-refractivity contribution is -0.146. The van der Waals surface area contributed by atoms with Crippen LogP contribution in [0.2, 0.25) is 0 Å². The largest absolute Gasteiger partial charge is 0.497 e. The number of alkyl carbamates (subject to hydrolysis) is 2. The quantitative estimate of drug-likeness (QED) is 0.0588. The second kappa shape index (κ2) is 18.4. The summed E-state index contributed by atoms with van der Waals surface area (Å²) < 4.78 is 34.4. The number of hydrogen-bond donors (Lipinski definition) is 2. The van der Waals surface area contributed by atoms with Crippen molar-refractivity contribution in [2.75, 3.05) is 27.4 Å². The summed E-state index contributed by atoms with van der Waals surface area (Å²) in [6.45, 7) is 10.7. The van der Waals surface area contributed by atoms with E-state index >= 15 is 0 Å². The minimum Gasteiger partial charge on any atom is -0.497 e. The minimum atomic E-state index is -1.01. The summed E-state index contributed by atoms with van der Waals surface area (Å²) in [5, 5.41) is 5.28. The molecule has 1 aromatic carbocycles. The van der Waals surface area contributed by atoms with Gasteiger partial charge in [0.2, 0.25) is 0 Å². The monoisotopic (exact) mass is 813 g/mol. The predicted octanol–water partition coefficient (Wildman–Crippen LogP) is 8.03. The second-order valence-electron chi connectivity index (χ2n) is 16.4. The number of amides is 3. The average Bonchev–Trinajstić information content (AvgIpc) is 3.90. The molecule has 3 amide bonds. The summed E-state index contributed by atoms with van der Waals surface area (Å²) in [7, 11) is 3.15. The van der Waals surface area contributed by atoms with Crippen LogP contribution in [0, 0.1) is 11.8 Å². The number of nitrogens with one attached hydrogen (secondary N) is 2. The smallest absolute Gasteiger partial charge is 0.408 e. The van der Waals surface area contributed by atoms with Gasteiger partial charge in [-0.15, -0.1) is 0 Å². The first-order valence-corrected chi connectivity index (χ1v) is 20.4. The number of benzene rings is 1. The number of thioether (sulfide) groups is 1. The van der Waals surface area contributed by atoms with Crippen LogP contribution in [-0.2, 0) is 30.2 Å². The number of carbonyl (C=O) groups excluding carboxylic acids is 4. The van der Waals surface area contributed by atoms with Gasteiger partial charge >= 0.3 is 18.2 Å². The van der Waals surface area contributed by atoms with Gasteiger partial charge in [0.1, 0.15) is 44.6 Å². The molecule has 2 saturated carbocycles. The summed E-state index contributed by atoms with van der Waals surface area (Å²) in [6.07, 6.45) is 6.35. The van der Waals surface area contributed by atoms with E-state index in [1.807, 2.05) is 23.1 Å². The number of nitrogens with zero attached hydrogens (tertiary/aromatic N) is 1. The van der Waals surface area contributed by atoms with Crippen molar-refractivity contribution >= 4 is 58.4 Å². The third-order valence-corrected chi connectivity index (χ3v) is 11.1. The molecule has 0 radical (unpaired) electrons. The van der Waals surface area contributed by atoms with Crippen LogP contribution in [0.3, 0.4) is 0 Å². The molecule has 2 aromatic rings. The molecule has 56 heavy (non-hydrogen) atoms. The van der Waals surface area contributed by atoms with E-state index in [1.54, 1.807) is 67.9 Å². The van der Waals surface area contributed by atoms with Gasteiger partial charge in [0.15, 0.2) is 0 Å². The van der Waals surface area contributed by atoms with Crippen LogP contribution in [0.25, 0.3) is 17.4 Å². The Balaban J connectivity index is 1.28. The molecule has 0 unspecified atom stereocenters. The SMILES string of the molecule is COc1ccc(-c2cc(CCCOC(=O)[C@H](CCCNC(=O)OC(C)(C)C)NC(=O)OC(C)(C)C)c(/C=C3\SC(=S)N([C@H]4C[C@H]5CC[C@H]4C5)C3=O)o2)c(OC)c1. The normalized spacial score (nSPS) is 20.6. The van der Waals surface area contributed by atoms with Crippen molar-refractivity contribution in [3.8, 4) is 22.8 Å². The molecule has 1 aromatic heterocycles. The number of methoxy groups -OCH3 is 2. The number of ether oxygens (including phenoxy) is 5. The molecule has 4 atom stereocenters. The van der Waals surface area contributed by atoms with Crippen molar-refractivity contribution in [1.29, 1.82) is 0 Å². The first kappa shape index (κ1) is 42.9. The van der Waals surface area contributed by atoms with Gasteiger partial charge in [-0.2, -0.15) is 0 Å². The van der Waals surface area contributed by atoms with E-state index in [4.69, 9.17) is 40.3 Å². The zero-order valence-electron chi connectivity index (χ0n) is 33.6. The number of rotatable bonds is 15. The van der Waals surface area contributed by atoms with Crippen LogP contribution >= 0.6 is 24.0 Å². The zero-order chi connectivity index (χ0) is 40.8. The van der Waals surface area contributed by atoms with Crippen molar-refractivity contribution in [2.45, 2.75) is 116 Å². The molecule has 2 bridgehead atoms. The average molecular weight is 814 g/mol. The van der Waals surface area contributed by atoms with Crippen molar-refractivity contribution in [3.63, 3.8) is 0 Å². The van der Waals surface area contributed by atoms with Crippen LogP contribution in [0.4, 0.5) is 9.59 Å². The van der Waals surface area contributed by atoms with Crippen LogP contribution in [-0.4, -0.2) is 83.9 Å². The highest BCUT2D eigenvalue weighted by molar-refractivity contribution is 8.26. The van der Waals surface area contributed by atoms with Gasteiger partial charge in [-0.05, 0) is 122 Å². The van der Waals surface area contributed by atoms with Gasteiger partial charge < -0.3 is 38.7 Å². The first-order valence-electron chi connectivity index (χ1n) is 19.2. The fraction of sp³-hybridized carbons (Fsp3) is 0.585. The Bertz CT molecular complexity index is 1810. The minimum absolute atomic E-state index is 0.0413. The maximum atomic E-state index is 13.8. The fourth-order valence-electron chi connectivity index (χ4n) is 7.35. The highest BCUT2D eigenvalue weighted by Gasteiger charge is 2.48. The van der Waals surface area contributed by atoms with Gasteiger partial charge in [-0.1, -0.05) is 30.4 Å². The number of thiocarbonyl (C=S) groups is 1. The van der Waals surface area contributed by atoms with E-state index in [9.17, 15) is 19.2 Å². The topological polar surface area (TPSA) is 155 Å². The first-order chi connectivity index (χ1) is 26.4. The Morgan fingerprint density at radius 1 is 1.00 bits per heavy atom. The standard InChI is InChI=1S/C41H55N3O10S2/c1-40(2,3)53-37(47)42-17-9-12-29(43-38(48)54-41(4,5)6)36(46)51-18-10-11-26-21-33(28-16-15-27(49-7)22-32(28)50-8)52-31(26)23-34-35(45)44(39(55)56-34)30-20-24-13-14-25(30)19-24/h15-16,21-25,29-30H,9-14,17-20H2,1-8H3,(H,42,47)(H,43,48)/b34-23-/t24-,25-,29-,30-/m0/s1. The molecular formula is C41H55N3O10S2. The Labute approximate surface area is 338 Å². The van der Waals surface area contributed by atoms with E-state index in [1.165, 1.54) is 18.2 Å². The van der Waals surface area contributed by atoms with Gasteiger partial charge in [0.05, 0.1) is 31.3 Å². The van der Waals surface area contributed by atoms with Crippen LogP contribution < -0.4 is 20.1 Å². The number of furan rings is 1. The summed E-state index contributed by atoms with van der Waals surface area (Å²) in [5.41, 5.74) is 0.0795. The molecule has 3 aliphatic rings.